The fraction of sp³-hybridized carbons (Fsp3) is 0.320. The Hall–Kier alpha value is -3.96. The maximum Gasteiger partial charge on any atom is 0.257 e. The van der Waals surface area contributed by atoms with Crippen LogP contribution in [0.4, 0.5) is 10.2 Å². The maximum atomic E-state index is 14.9. The van der Waals surface area contributed by atoms with Crippen molar-refractivity contribution in [3.05, 3.63) is 65.6 Å². The summed E-state index contributed by atoms with van der Waals surface area (Å²) in [5, 5.41) is 16.1. The zero-order valence-corrected chi connectivity index (χ0v) is 19.9. The number of aryl methyl sites for hydroxylation is 1. The number of benzene rings is 2. The molecule has 11 heteroatoms. The summed E-state index contributed by atoms with van der Waals surface area (Å²) in [6, 6.07) is 10.0. The van der Waals surface area contributed by atoms with Gasteiger partial charge < -0.3 is 29.5 Å². The van der Waals surface area contributed by atoms with Gasteiger partial charge in [0, 0.05) is 49.6 Å². The molecule has 2 aromatic carbocycles. The number of morpholine rings is 1. The highest BCUT2D eigenvalue weighted by Crippen LogP contribution is 2.30. The van der Waals surface area contributed by atoms with E-state index in [2.05, 4.69) is 10.4 Å². The average Bonchev–Trinajstić information content (AvgIpc) is 3.29. The van der Waals surface area contributed by atoms with Gasteiger partial charge in [-0.15, -0.1) is 0 Å². The van der Waals surface area contributed by atoms with Crippen LogP contribution in [0.1, 0.15) is 27.6 Å². The first-order valence-electron chi connectivity index (χ1n) is 11.4. The lowest BCUT2D eigenvalue weighted by atomic mass is 10.1. The van der Waals surface area contributed by atoms with Crippen molar-refractivity contribution in [2.24, 2.45) is 7.05 Å². The lowest BCUT2D eigenvalue weighted by Gasteiger charge is -2.26. The normalized spacial score (nSPS) is 14.3. The average molecular weight is 499 g/mol. The van der Waals surface area contributed by atoms with Crippen LogP contribution in [0.25, 0.3) is 0 Å². The van der Waals surface area contributed by atoms with Gasteiger partial charge in [0.05, 0.1) is 19.8 Å². The molecule has 0 unspecified atom stereocenters. The molecule has 2 N–H and O–H groups in total. The zero-order valence-electron chi connectivity index (χ0n) is 19.9. The van der Waals surface area contributed by atoms with E-state index in [-0.39, 0.29) is 40.9 Å². The Labute approximate surface area is 207 Å². The topological polar surface area (TPSA) is 115 Å². The number of carbonyl (C=O) groups is 2. The molecule has 1 aromatic heterocycles. The molecule has 1 aliphatic heterocycles. The van der Waals surface area contributed by atoms with Crippen LogP contribution in [-0.2, 0) is 11.8 Å². The molecule has 36 heavy (non-hydrogen) atoms. The number of ether oxygens (including phenoxy) is 3. The fourth-order valence-corrected chi connectivity index (χ4v) is 3.56. The van der Waals surface area contributed by atoms with E-state index in [9.17, 15) is 19.1 Å². The number of nitrogens with one attached hydrogen (secondary N) is 1. The summed E-state index contributed by atoms with van der Waals surface area (Å²) in [4.78, 5) is 27.1. The van der Waals surface area contributed by atoms with Gasteiger partial charge in [0.1, 0.15) is 17.6 Å². The van der Waals surface area contributed by atoms with E-state index in [0.717, 1.165) is 6.07 Å². The molecule has 0 radical (unpaired) electrons. The van der Waals surface area contributed by atoms with Crippen LogP contribution in [0.3, 0.4) is 0 Å². The molecule has 2 heterocycles. The van der Waals surface area contributed by atoms with Gasteiger partial charge in [0.2, 0.25) is 0 Å². The van der Waals surface area contributed by atoms with Gasteiger partial charge in [-0.05, 0) is 37.3 Å². The van der Waals surface area contributed by atoms with Crippen LogP contribution in [0.2, 0.25) is 0 Å². The Balaban J connectivity index is 1.56. The van der Waals surface area contributed by atoms with E-state index in [0.29, 0.717) is 32.1 Å². The Morgan fingerprint density at radius 1 is 1.14 bits per heavy atom. The van der Waals surface area contributed by atoms with Crippen LogP contribution >= 0.6 is 0 Å². The van der Waals surface area contributed by atoms with E-state index in [4.69, 9.17) is 14.2 Å². The number of hydrogen-bond acceptors (Lipinski definition) is 7. The van der Waals surface area contributed by atoms with Gasteiger partial charge in [-0.1, -0.05) is 0 Å². The standard InChI is InChI=1S/C25H27FN4O6/c1-16(15-31)35-19-11-18(24(32)27-23-5-6-29(2)28-23)12-20(14-19)36-22-4-3-17(13-21(22)26)25(33)30-7-9-34-10-8-30/h3-6,11-14,16,31H,7-10,15H2,1-2H3,(H,27,28,32)/t16-/m0/s1. The quantitative estimate of drug-likeness (QED) is 0.491. The number of carbonyl (C=O) groups excluding carboxylic acids is 2. The third-order valence-corrected chi connectivity index (χ3v) is 5.40. The second kappa shape index (κ2) is 11.2. The van der Waals surface area contributed by atoms with Gasteiger partial charge in [-0.25, -0.2) is 4.39 Å². The molecule has 0 bridgehead atoms. The highest BCUT2D eigenvalue weighted by molar-refractivity contribution is 6.04. The Morgan fingerprint density at radius 3 is 2.56 bits per heavy atom. The smallest absolute Gasteiger partial charge is 0.257 e. The zero-order chi connectivity index (χ0) is 25.7. The van der Waals surface area contributed by atoms with E-state index in [1.807, 2.05) is 0 Å². The van der Waals surface area contributed by atoms with Crippen molar-refractivity contribution in [2.45, 2.75) is 13.0 Å². The number of aliphatic hydroxyl groups is 1. The largest absolute Gasteiger partial charge is 0.488 e. The van der Waals surface area contributed by atoms with Crippen molar-refractivity contribution in [3.8, 4) is 17.2 Å². The van der Waals surface area contributed by atoms with Crippen molar-refractivity contribution >= 4 is 17.6 Å². The lowest BCUT2D eigenvalue weighted by molar-refractivity contribution is 0.0302. The van der Waals surface area contributed by atoms with E-state index in [1.165, 1.54) is 30.3 Å². The predicted octanol–water partition coefficient (Wildman–Crippen LogP) is 2.84. The van der Waals surface area contributed by atoms with Gasteiger partial charge >= 0.3 is 0 Å². The van der Waals surface area contributed by atoms with Gasteiger partial charge in [0.15, 0.2) is 17.4 Å². The SMILES string of the molecule is C[C@@H](CO)Oc1cc(Oc2ccc(C(=O)N3CCOCC3)cc2F)cc(C(=O)Nc2ccn(C)n2)c1. The minimum absolute atomic E-state index is 0.128. The van der Waals surface area contributed by atoms with Gasteiger partial charge in [-0.2, -0.15) is 5.10 Å². The molecule has 2 amide bonds. The fourth-order valence-electron chi connectivity index (χ4n) is 3.56. The molecule has 0 aliphatic carbocycles. The summed E-state index contributed by atoms with van der Waals surface area (Å²) in [5.74, 6) is -0.889. The van der Waals surface area contributed by atoms with Gasteiger partial charge in [-0.3, -0.25) is 14.3 Å². The lowest BCUT2D eigenvalue weighted by Crippen LogP contribution is -2.40. The first-order valence-corrected chi connectivity index (χ1v) is 11.4. The van der Waals surface area contributed by atoms with E-state index >= 15 is 0 Å². The number of nitrogens with zero attached hydrogens (tertiary/aromatic N) is 3. The van der Waals surface area contributed by atoms with Crippen LogP contribution in [-0.4, -0.2) is 70.6 Å². The molecule has 3 aromatic rings. The predicted molar refractivity (Wildman–Crippen MR) is 128 cm³/mol. The van der Waals surface area contributed by atoms with Crippen molar-refractivity contribution in [2.75, 3.05) is 38.2 Å². The molecule has 0 saturated carbocycles. The van der Waals surface area contributed by atoms with Crippen molar-refractivity contribution < 1.29 is 33.3 Å². The minimum atomic E-state index is -0.733. The highest BCUT2D eigenvalue weighted by atomic mass is 19.1. The Kier molecular flexibility index (Phi) is 7.81. The molecule has 1 saturated heterocycles. The highest BCUT2D eigenvalue weighted by Gasteiger charge is 2.20. The summed E-state index contributed by atoms with van der Waals surface area (Å²) >= 11 is 0. The summed E-state index contributed by atoms with van der Waals surface area (Å²) in [6.07, 6.45) is 1.14. The summed E-state index contributed by atoms with van der Waals surface area (Å²) in [6.45, 7) is 3.19. The molecule has 1 atom stereocenters. The summed E-state index contributed by atoms with van der Waals surface area (Å²) in [5.41, 5.74) is 0.379. The summed E-state index contributed by atoms with van der Waals surface area (Å²) < 4.78 is 33.1. The van der Waals surface area contributed by atoms with E-state index in [1.54, 1.807) is 35.8 Å². The molecule has 1 aliphatic rings. The number of aromatic nitrogens is 2. The molecule has 4 rings (SSSR count). The minimum Gasteiger partial charge on any atom is -0.488 e. The monoisotopic (exact) mass is 498 g/mol. The van der Waals surface area contributed by atoms with Crippen LogP contribution in [0.5, 0.6) is 17.2 Å². The third kappa shape index (κ3) is 6.18. The Morgan fingerprint density at radius 2 is 1.89 bits per heavy atom. The van der Waals surface area contributed by atoms with Gasteiger partial charge in [0.25, 0.3) is 11.8 Å². The first kappa shape index (κ1) is 25.1. The number of rotatable bonds is 8. The number of hydrogen-bond donors (Lipinski definition) is 2. The molecule has 10 nitrogen and oxygen atoms in total. The van der Waals surface area contributed by atoms with Crippen molar-refractivity contribution in [1.29, 1.82) is 0 Å². The second-order valence-electron chi connectivity index (χ2n) is 8.28. The van der Waals surface area contributed by atoms with Crippen LogP contribution in [0, 0.1) is 5.82 Å². The van der Waals surface area contributed by atoms with Crippen molar-refractivity contribution in [3.63, 3.8) is 0 Å². The molecule has 0 spiro atoms. The Bertz CT molecular complexity index is 1240. The molecular formula is C25H27FN4O6. The first-order chi connectivity index (χ1) is 17.3. The van der Waals surface area contributed by atoms with Crippen LogP contribution < -0.4 is 14.8 Å². The molecule has 190 valence electrons. The van der Waals surface area contributed by atoms with Crippen LogP contribution in [0.15, 0.2) is 48.7 Å². The van der Waals surface area contributed by atoms with Crippen molar-refractivity contribution in [1.82, 2.24) is 14.7 Å². The number of aliphatic hydroxyl groups excluding tert-OH is 1. The third-order valence-electron chi connectivity index (χ3n) is 5.40. The number of amides is 2. The molecule has 1 fully saturated rings. The van der Waals surface area contributed by atoms with E-state index < -0.39 is 17.8 Å². The number of anilines is 1. The second-order valence-corrected chi connectivity index (χ2v) is 8.28. The number of halogens is 1. The molecular weight excluding hydrogens is 471 g/mol. The summed E-state index contributed by atoms with van der Waals surface area (Å²) in [7, 11) is 1.72. The maximum absolute atomic E-state index is 14.9.